The van der Waals surface area contributed by atoms with Gasteiger partial charge in [-0.15, -0.1) is 11.3 Å². The van der Waals surface area contributed by atoms with E-state index < -0.39 is 24.4 Å². The highest BCUT2D eigenvalue weighted by Gasteiger charge is 2.15. The van der Waals surface area contributed by atoms with Crippen molar-refractivity contribution in [2.24, 2.45) is 0 Å². The van der Waals surface area contributed by atoms with Crippen LogP contribution in [-0.2, 0) is 20.7 Å². The summed E-state index contributed by atoms with van der Waals surface area (Å²) in [6.45, 7) is 5.80. The van der Waals surface area contributed by atoms with Gasteiger partial charge in [0.15, 0.2) is 18.1 Å². The molecule has 0 fully saturated rings. The zero-order chi connectivity index (χ0) is 21.2. The van der Waals surface area contributed by atoms with Crippen LogP contribution >= 0.6 is 11.3 Å². The third-order valence-corrected chi connectivity index (χ3v) is 4.40. The standard InChI is InChI=1S/C19H23N3O6S/c1-4-26-14-7-6-13(8-15(14)27-5-2)19(25)28-10-17(24)22-21-16(23)9-18-20-12(3)11-29-18/h6-8,11H,4-5,9-10H2,1-3H3,(H,21,23)(H,22,24). The molecule has 0 unspecified atom stereocenters. The average Bonchev–Trinajstić information content (AvgIpc) is 3.10. The van der Waals surface area contributed by atoms with E-state index in [9.17, 15) is 14.4 Å². The number of hydrogen-bond acceptors (Lipinski definition) is 8. The maximum Gasteiger partial charge on any atom is 0.338 e. The number of nitrogens with one attached hydrogen (secondary N) is 2. The molecule has 2 N–H and O–H groups in total. The summed E-state index contributed by atoms with van der Waals surface area (Å²) in [6.07, 6.45) is 0.0466. The molecule has 2 amide bonds. The predicted octanol–water partition coefficient (Wildman–Crippen LogP) is 1.80. The van der Waals surface area contributed by atoms with Gasteiger partial charge >= 0.3 is 5.97 Å². The van der Waals surface area contributed by atoms with Crippen molar-refractivity contribution < 1.29 is 28.6 Å². The number of carbonyl (C=O) groups is 3. The molecule has 0 aliphatic carbocycles. The Balaban J connectivity index is 1.81. The van der Waals surface area contributed by atoms with Gasteiger partial charge < -0.3 is 14.2 Å². The molecule has 1 aromatic carbocycles. The van der Waals surface area contributed by atoms with Crippen molar-refractivity contribution in [3.05, 3.63) is 39.8 Å². The highest BCUT2D eigenvalue weighted by Crippen LogP contribution is 2.28. The van der Waals surface area contributed by atoms with Crippen molar-refractivity contribution in [2.75, 3.05) is 19.8 Å². The molecule has 156 valence electrons. The Hall–Kier alpha value is -3.14. The minimum Gasteiger partial charge on any atom is -0.490 e. The van der Waals surface area contributed by atoms with Crippen LogP contribution < -0.4 is 20.3 Å². The zero-order valence-corrected chi connectivity index (χ0v) is 17.3. The van der Waals surface area contributed by atoms with Crippen LogP contribution in [0.5, 0.6) is 11.5 Å². The lowest BCUT2D eigenvalue weighted by atomic mass is 10.2. The summed E-state index contributed by atoms with van der Waals surface area (Å²) < 4.78 is 15.9. The van der Waals surface area contributed by atoms with Crippen LogP contribution in [0, 0.1) is 6.92 Å². The van der Waals surface area contributed by atoms with Gasteiger partial charge in [-0.05, 0) is 39.0 Å². The Morgan fingerprint density at radius 3 is 2.38 bits per heavy atom. The summed E-state index contributed by atoms with van der Waals surface area (Å²) in [4.78, 5) is 39.9. The van der Waals surface area contributed by atoms with Crippen molar-refractivity contribution in [2.45, 2.75) is 27.2 Å². The van der Waals surface area contributed by atoms with Crippen LogP contribution in [-0.4, -0.2) is 42.6 Å². The summed E-state index contributed by atoms with van der Waals surface area (Å²) in [6, 6.07) is 4.61. The first-order chi connectivity index (χ1) is 13.9. The number of ether oxygens (including phenoxy) is 3. The molecule has 0 atom stereocenters. The molecular weight excluding hydrogens is 398 g/mol. The first-order valence-electron chi connectivity index (χ1n) is 8.98. The number of thiazole rings is 1. The van der Waals surface area contributed by atoms with Crippen LogP contribution in [0.4, 0.5) is 0 Å². The van der Waals surface area contributed by atoms with Crippen LogP contribution in [0.15, 0.2) is 23.6 Å². The van der Waals surface area contributed by atoms with E-state index >= 15 is 0 Å². The minimum atomic E-state index is -0.700. The van der Waals surface area contributed by atoms with Gasteiger partial charge in [0.2, 0.25) is 5.91 Å². The molecule has 2 aromatic rings. The second-order valence-corrected chi connectivity index (χ2v) is 6.70. The molecule has 10 heteroatoms. The normalized spacial score (nSPS) is 10.2. The van der Waals surface area contributed by atoms with E-state index in [-0.39, 0.29) is 12.0 Å². The maximum absolute atomic E-state index is 12.2. The number of rotatable bonds is 9. The molecule has 1 heterocycles. The largest absolute Gasteiger partial charge is 0.490 e. The molecule has 29 heavy (non-hydrogen) atoms. The third-order valence-electron chi connectivity index (χ3n) is 3.43. The molecule has 1 aromatic heterocycles. The third kappa shape index (κ3) is 7.07. The Labute approximate surface area is 172 Å². The maximum atomic E-state index is 12.2. The number of benzene rings is 1. The molecule has 0 saturated heterocycles. The number of hydrazine groups is 1. The molecule has 0 bridgehead atoms. The fourth-order valence-corrected chi connectivity index (χ4v) is 3.00. The predicted molar refractivity (Wildman–Crippen MR) is 106 cm³/mol. The number of carbonyl (C=O) groups excluding carboxylic acids is 3. The lowest BCUT2D eigenvalue weighted by Gasteiger charge is -2.12. The number of aryl methyl sites for hydroxylation is 1. The van der Waals surface area contributed by atoms with Gasteiger partial charge in [-0.1, -0.05) is 0 Å². The van der Waals surface area contributed by atoms with E-state index in [1.807, 2.05) is 26.2 Å². The Bertz CT molecular complexity index is 867. The van der Waals surface area contributed by atoms with Gasteiger partial charge in [0.25, 0.3) is 5.91 Å². The van der Waals surface area contributed by atoms with E-state index in [0.29, 0.717) is 29.7 Å². The fourth-order valence-electron chi connectivity index (χ4n) is 2.23. The summed E-state index contributed by atoms with van der Waals surface area (Å²) in [5, 5.41) is 2.47. The molecule has 0 radical (unpaired) electrons. The zero-order valence-electron chi connectivity index (χ0n) is 16.4. The number of aromatic nitrogens is 1. The molecule has 0 aliphatic heterocycles. The monoisotopic (exact) mass is 421 g/mol. The van der Waals surface area contributed by atoms with Gasteiger partial charge in [-0.25, -0.2) is 9.78 Å². The topological polar surface area (TPSA) is 116 Å². The summed E-state index contributed by atoms with van der Waals surface area (Å²) in [5.41, 5.74) is 5.49. The van der Waals surface area contributed by atoms with Crippen LogP contribution in [0.25, 0.3) is 0 Å². The van der Waals surface area contributed by atoms with Gasteiger partial charge in [0.05, 0.1) is 25.2 Å². The molecule has 9 nitrogen and oxygen atoms in total. The van der Waals surface area contributed by atoms with Gasteiger partial charge in [0.1, 0.15) is 5.01 Å². The van der Waals surface area contributed by atoms with E-state index in [1.54, 1.807) is 6.07 Å². The van der Waals surface area contributed by atoms with E-state index in [2.05, 4.69) is 15.8 Å². The van der Waals surface area contributed by atoms with Gasteiger partial charge in [-0.3, -0.25) is 20.4 Å². The Morgan fingerprint density at radius 2 is 1.72 bits per heavy atom. The average molecular weight is 421 g/mol. The van der Waals surface area contributed by atoms with E-state index in [4.69, 9.17) is 14.2 Å². The van der Waals surface area contributed by atoms with Gasteiger partial charge in [0, 0.05) is 11.1 Å². The Morgan fingerprint density at radius 1 is 1.03 bits per heavy atom. The second-order valence-electron chi connectivity index (χ2n) is 5.76. The lowest BCUT2D eigenvalue weighted by Crippen LogP contribution is -2.44. The summed E-state index contributed by atoms with van der Waals surface area (Å²) in [5.74, 6) is -0.863. The Kier molecular flexibility index (Phi) is 8.41. The SMILES string of the molecule is CCOc1ccc(C(=O)OCC(=O)NNC(=O)Cc2nc(C)cs2)cc1OCC. The van der Waals surface area contributed by atoms with Crippen molar-refractivity contribution in [1.29, 1.82) is 0 Å². The highest BCUT2D eigenvalue weighted by atomic mass is 32.1. The van der Waals surface area contributed by atoms with Crippen LogP contribution in [0.2, 0.25) is 0 Å². The van der Waals surface area contributed by atoms with Crippen molar-refractivity contribution >= 4 is 29.1 Å². The highest BCUT2D eigenvalue weighted by molar-refractivity contribution is 7.09. The van der Waals surface area contributed by atoms with Crippen molar-refractivity contribution in [1.82, 2.24) is 15.8 Å². The lowest BCUT2D eigenvalue weighted by molar-refractivity contribution is -0.130. The second kappa shape index (κ2) is 11.0. The fraction of sp³-hybridized carbons (Fsp3) is 0.368. The first-order valence-corrected chi connectivity index (χ1v) is 9.86. The van der Waals surface area contributed by atoms with Crippen molar-refractivity contribution in [3.8, 4) is 11.5 Å². The molecular formula is C19H23N3O6S. The number of hydrogen-bond donors (Lipinski definition) is 2. The molecule has 2 rings (SSSR count). The van der Waals surface area contributed by atoms with E-state index in [0.717, 1.165) is 5.69 Å². The molecule has 0 saturated carbocycles. The number of esters is 1. The molecule has 0 spiro atoms. The smallest absolute Gasteiger partial charge is 0.338 e. The number of amides is 2. The minimum absolute atomic E-state index is 0.0466. The van der Waals surface area contributed by atoms with Crippen LogP contribution in [0.1, 0.15) is 34.9 Å². The molecule has 0 aliphatic rings. The summed E-state index contributed by atoms with van der Waals surface area (Å²) >= 11 is 1.36. The number of nitrogens with zero attached hydrogens (tertiary/aromatic N) is 1. The van der Waals surface area contributed by atoms with E-state index in [1.165, 1.54) is 23.5 Å². The van der Waals surface area contributed by atoms with Crippen LogP contribution in [0.3, 0.4) is 0 Å². The van der Waals surface area contributed by atoms with Crippen molar-refractivity contribution in [3.63, 3.8) is 0 Å². The first kappa shape index (κ1) is 22.2. The summed E-state index contributed by atoms with van der Waals surface area (Å²) in [7, 11) is 0. The van der Waals surface area contributed by atoms with Gasteiger partial charge in [-0.2, -0.15) is 0 Å². The quantitative estimate of drug-likeness (QED) is 0.468.